The van der Waals surface area contributed by atoms with Crippen LogP contribution in [0.4, 0.5) is 0 Å². The minimum absolute atomic E-state index is 0.0932. The fourth-order valence-electron chi connectivity index (χ4n) is 5.67. The number of piperidine rings is 1. The zero-order chi connectivity index (χ0) is 22.5. The van der Waals surface area contributed by atoms with Crippen LogP contribution in [0.1, 0.15) is 39.5 Å². The number of thiocarbonyl (C=S) groups is 1. The fraction of sp³-hybridized carbons (Fsp3) is 0.296. The number of pyridine rings is 1. The van der Waals surface area contributed by atoms with Gasteiger partial charge in [0, 0.05) is 42.9 Å². The molecule has 2 atom stereocenters. The van der Waals surface area contributed by atoms with Crippen molar-refractivity contribution in [2.45, 2.75) is 25.3 Å². The van der Waals surface area contributed by atoms with Crippen LogP contribution in [0.3, 0.4) is 0 Å². The Morgan fingerprint density at radius 3 is 2.73 bits per heavy atom. The lowest BCUT2D eigenvalue weighted by Crippen LogP contribution is -2.48. The zero-order valence-corrected chi connectivity index (χ0v) is 19.8. The Hall–Kier alpha value is -2.70. The van der Waals surface area contributed by atoms with Gasteiger partial charge in [-0.1, -0.05) is 66.4 Å². The minimum Gasteiger partial charge on any atom is -0.356 e. The number of rotatable bonds is 3. The van der Waals surface area contributed by atoms with Crippen LogP contribution in [0.2, 0.25) is 0 Å². The third-order valence-corrected chi connectivity index (χ3v) is 8.70. The van der Waals surface area contributed by atoms with Crippen LogP contribution in [0.15, 0.2) is 65.5 Å². The first kappa shape index (κ1) is 20.9. The van der Waals surface area contributed by atoms with Crippen molar-refractivity contribution in [1.29, 1.82) is 0 Å². The van der Waals surface area contributed by atoms with E-state index in [2.05, 4.69) is 47.4 Å². The molecule has 0 spiro atoms. The molecule has 1 aromatic heterocycles. The van der Waals surface area contributed by atoms with Gasteiger partial charge in [-0.3, -0.25) is 9.59 Å². The molecule has 3 aromatic rings. The molecule has 3 heterocycles. The fourth-order valence-corrected chi connectivity index (χ4v) is 6.74. The largest absolute Gasteiger partial charge is 0.356 e. The Balaban J connectivity index is 1.11. The topological polar surface area (TPSA) is 42.3 Å². The molecule has 1 aliphatic carbocycles. The van der Waals surface area contributed by atoms with E-state index in [4.69, 9.17) is 12.2 Å². The second-order valence-electron chi connectivity index (χ2n) is 9.29. The summed E-state index contributed by atoms with van der Waals surface area (Å²) in [6, 6.07) is 20.1. The molecule has 166 valence electrons. The van der Waals surface area contributed by atoms with Crippen LogP contribution in [0, 0.1) is 5.92 Å². The molecular formula is C27H24N2O2S2. The van der Waals surface area contributed by atoms with Gasteiger partial charge in [0.25, 0.3) is 5.56 Å². The predicted octanol–water partition coefficient (Wildman–Crippen LogP) is 4.74. The number of thioether (sulfide) groups is 1. The molecule has 6 heteroatoms. The molecule has 0 radical (unpaired) electrons. The van der Waals surface area contributed by atoms with E-state index < -0.39 is 0 Å². The number of Topliss-reactive ketones (excluding diaryl/α,β-unsaturated/α-hetero) is 1. The summed E-state index contributed by atoms with van der Waals surface area (Å²) in [6.45, 7) is 2.43. The highest BCUT2D eigenvalue weighted by Crippen LogP contribution is 2.38. The Kier molecular flexibility index (Phi) is 5.23. The van der Waals surface area contributed by atoms with Crippen LogP contribution in [0.25, 0.3) is 11.1 Å². The summed E-state index contributed by atoms with van der Waals surface area (Å²) >= 11 is 7.21. The van der Waals surface area contributed by atoms with E-state index in [-0.39, 0.29) is 11.3 Å². The molecule has 1 saturated heterocycles. The summed E-state index contributed by atoms with van der Waals surface area (Å²) in [4.78, 5) is 27.4. The number of aromatic nitrogens is 1. The number of carbonyl (C=O) groups excluding carboxylic acids is 1. The standard InChI is InChI=1S/C27H24N2O2S2/c30-25(19-8-9-23-20(12-19)11-18-4-1-2-5-22(18)23)16-33-27(32)28-13-17-10-21(15-28)24-6-3-7-26(31)29(24)14-17/h1-9,12,17,21H,10-11,13-16H2/t17-,21-/m0/s1. The van der Waals surface area contributed by atoms with Gasteiger partial charge in [-0.25, -0.2) is 0 Å². The van der Waals surface area contributed by atoms with Crippen molar-refractivity contribution in [3.05, 3.63) is 93.4 Å². The van der Waals surface area contributed by atoms with Gasteiger partial charge in [0.2, 0.25) is 0 Å². The quantitative estimate of drug-likeness (QED) is 0.318. The van der Waals surface area contributed by atoms with Crippen LogP contribution >= 0.6 is 24.0 Å². The molecule has 0 saturated carbocycles. The normalized spacial score (nSPS) is 20.1. The summed E-state index contributed by atoms with van der Waals surface area (Å²) in [5.41, 5.74) is 7.05. The Bertz CT molecular complexity index is 1350. The third kappa shape index (κ3) is 3.75. The number of carbonyl (C=O) groups is 1. The van der Waals surface area contributed by atoms with Crippen LogP contribution in [-0.4, -0.2) is 38.4 Å². The number of benzene rings is 2. The Morgan fingerprint density at radius 1 is 0.970 bits per heavy atom. The van der Waals surface area contributed by atoms with Crippen LogP contribution < -0.4 is 5.56 Å². The number of likely N-dealkylation sites (tertiary alicyclic amines) is 1. The van der Waals surface area contributed by atoms with Gasteiger partial charge in [0.15, 0.2) is 5.78 Å². The maximum absolute atomic E-state index is 13.0. The molecule has 6 rings (SSSR count). The Morgan fingerprint density at radius 2 is 1.82 bits per heavy atom. The molecule has 33 heavy (non-hydrogen) atoms. The van der Waals surface area contributed by atoms with Gasteiger partial charge in [0.05, 0.1) is 5.75 Å². The lowest BCUT2D eigenvalue weighted by Gasteiger charge is -2.43. The summed E-state index contributed by atoms with van der Waals surface area (Å²) in [6.07, 6.45) is 1.99. The first-order chi connectivity index (χ1) is 16.1. The molecule has 2 aromatic carbocycles. The zero-order valence-electron chi connectivity index (χ0n) is 18.2. The molecule has 0 N–H and O–H groups in total. The molecule has 3 aliphatic rings. The van der Waals surface area contributed by atoms with E-state index in [1.807, 2.05) is 16.7 Å². The number of hydrogen-bond donors (Lipinski definition) is 0. The van der Waals surface area contributed by atoms with E-state index >= 15 is 0 Å². The van der Waals surface area contributed by atoms with E-state index in [0.29, 0.717) is 17.6 Å². The highest BCUT2D eigenvalue weighted by molar-refractivity contribution is 8.23. The maximum atomic E-state index is 13.0. The summed E-state index contributed by atoms with van der Waals surface area (Å²) in [5, 5.41) is 0. The predicted molar refractivity (Wildman–Crippen MR) is 137 cm³/mol. The second kappa shape index (κ2) is 8.26. The molecule has 4 nitrogen and oxygen atoms in total. The van der Waals surface area contributed by atoms with Crippen molar-refractivity contribution in [2.75, 3.05) is 18.8 Å². The van der Waals surface area contributed by atoms with Gasteiger partial charge in [-0.05, 0) is 53.1 Å². The monoisotopic (exact) mass is 472 g/mol. The van der Waals surface area contributed by atoms with Crippen molar-refractivity contribution in [1.82, 2.24) is 9.47 Å². The molecule has 0 amide bonds. The van der Waals surface area contributed by atoms with Crippen LogP contribution in [-0.2, 0) is 13.0 Å². The number of nitrogens with zero attached hydrogens (tertiary/aromatic N) is 2. The number of hydrogen-bond acceptors (Lipinski definition) is 4. The number of fused-ring (bicyclic) bond motifs is 7. The van der Waals surface area contributed by atoms with Crippen molar-refractivity contribution in [3.8, 4) is 11.1 Å². The van der Waals surface area contributed by atoms with E-state index in [1.54, 1.807) is 6.07 Å². The third-order valence-electron chi connectivity index (χ3n) is 7.18. The van der Waals surface area contributed by atoms with Gasteiger partial charge >= 0.3 is 0 Å². The summed E-state index contributed by atoms with van der Waals surface area (Å²) < 4.78 is 2.72. The molecule has 2 aliphatic heterocycles. The summed E-state index contributed by atoms with van der Waals surface area (Å²) in [7, 11) is 0. The van der Waals surface area contributed by atoms with E-state index in [9.17, 15) is 9.59 Å². The molecule has 0 unspecified atom stereocenters. The van der Waals surface area contributed by atoms with E-state index in [1.165, 1.54) is 34.0 Å². The average Bonchev–Trinajstić information content (AvgIpc) is 3.21. The lowest BCUT2D eigenvalue weighted by atomic mass is 9.83. The first-order valence-electron chi connectivity index (χ1n) is 11.4. The molecule has 1 fully saturated rings. The van der Waals surface area contributed by atoms with Crippen molar-refractivity contribution >= 4 is 34.1 Å². The highest BCUT2D eigenvalue weighted by atomic mass is 32.2. The molecular weight excluding hydrogens is 448 g/mol. The summed E-state index contributed by atoms with van der Waals surface area (Å²) in [5.74, 6) is 1.21. The van der Waals surface area contributed by atoms with Gasteiger partial charge in [0.1, 0.15) is 4.32 Å². The van der Waals surface area contributed by atoms with Crippen molar-refractivity contribution in [2.24, 2.45) is 5.92 Å². The van der Waals surface area contributed by atoms with Crippen molar-refractivity contribution in [3.63, 3.8) is 0 Å². The number of ketones is 1. The van der Waals surface area contributed by atoms with Crippen LogP contribution in [0.5, 0.6) is 0 Å². The highest BCUT2D eigenvalue weighted by Gasteiger charge is 2.35. The maximum Gasteiger partial charge on any atom is 0.250 e. The molecule has 2 bridgehead atoms. The van der Waals surface area contributed by atoms with E-state index in [0.717, 1.165) is 48.1 Å². The minimum atomic E-state index is 0.0932. The van der Waals surface area contributed by atoms with Gasteiger partial charge < -0.3 is 9.47 Å². The Labute approximate surface area is 202 Å². The average molecular weight is 473 g/mol. The first-order valence-corrected chi connectivity index (χ1v) is 12.8. The lowest BCUT2D eigenvalue weighted by molar-refractivity contribution is 0.102. The van der Waals surface area contributed by atoms with Gasteiger partial charge in [-0.15, -0.1) is 0 Å². The smallest absolute Gasteiger partial charge is 0.250 e. The van der Waals surface area contributed by atoms with Crippen molar-refractivity contribution < 1.29 is 4.79 Å². The SMILES string of the molecule is O=C(CSC(=S)N1C[C@@H]2C[C@@H](C1)c1cccc(=O)n1C2)c1ccc2c(c1)Cc1ccccc1-2. The van der Waals surface area contributed by atoms with Gasteiger partial charge in [-0.2, -0.15) is 0 Å². The second-order valence-corrected chi connectivity index (χ2v) is 10.9.